The summed E-state index contributed by atoms with van der Waals surface area (Å²) in [6, 6.07) is 14.2. The third kappa shape index (κ3) is 2.01. The van der Waals surface area contributed by atoms with Gasteiger partial charge in [0, 0.05) is 0 Å². The van der Waals surface area contributed by atoms with Gasteiger partial charge >= 0.3 is 5.97 Å². The van der Waals surface area contributed by atoms with E-state index >= 15 is 0 Å². The number of benzene rings is 2. The molecule has 0 aliphatic heterocycles. The van der Waals surface area contributed by atoms with Crippen LogP contribution in [-0.4, -0.2) is 11.1 Å². The van der Waals surface area contributed by atoms with Crippen LogP contribution < -0.4 is 0 Å². The predicted octanol–water partition coefficient (Wildman–Crippen LogP) is 4.13. The van der Waals surface area contributed by atoms with Crippen LogP contribution in [0.1, 0.15) is 37.7 Å². The number of hydrogen-bond acceptors (Lipinski definition) is 1. The molecule has 1 aliphatic rings. The SMILES string of the molecule is O=C(O)C1(c2ccc3ccccc3c2)CCCCC1. The fraction of sp³-hybridized carbons (Fsp3) is 0.353. The Morgan fingerprint density at radius 2 is 1.63 bits per heavy atom. The molecule has 2 nitrogen and oxygen atoms in total. The highest BCUT2D eigenvalue weighted by Gasteiger charge is 2.41. The zero-order valence-corrected chi connectivity index (χ0v) is 10.9. The molecule has 0 saturated heterocycles. The van der Waals surface area contributed by atoms with Crippen molar-refractivity contribution in [1.29, 1.82) is 0 Å². The van der Waals surface area contributed by atoms with E-state index < -0.39 is 11.4 Å². The largest absolute Gasteiger partial charge is 0.481 e. The predicted molar refractivity (Wildman–Crippen MR) is 76.3 cm³/mol. The Morgan fingerprint density at radius 3 is 2.32 bits per heavy atom. The number of rotatable bonds is 2. The average molecular weight is 254 g/mol. The molecule has 2 aromatic carbocycles. The van der Waals surface area contributed by atoms with Gasteiger partial charge in [0.05, 0.1) is 5.41 Å². The normalized spacial score (nSPS) is 18.3. The van der Waals surface area contributed by atoms with Gasteiger partial charge in [-0.2, -0.15) is 0 Å². The van der Waals surface area contributed by atoms with Crippen molar-refractivity contribution in [2.24, 2.45) is 0 Å². The summed E-state index contributed by atoms with van der Waals surface area (Å²) in [6.45, 7) is 0. The van der Waals surface area contributed by atoms with Gasteiger partial charge in [0.15, 0.2) is 0 Å². The van der Waals surface area contributed by atoms with Crippen molar-refractivity contribution in [2.45, 2.75) is 37.5 Å². The summed E-state index contributed by atoms with van der Waals surface area (Å²) in [4.78, 5) is 11.8. The smallest absolute Gasteiger partial charge is 0.314 e. The summed E-state index contributed by atoms with van der Waals surface area (Å²) in [5.41, 5.74) is 0.306. The number of hydrogen-bond donors (Lipinski definition) is 1. The molecular formula is C17H18O2. The Hall–Kier alpha value is -1.83. The molecule has 0 radical (unpaired) electrons. The molecular weight excluding hydrogens is 236 g/mol. The van der Waals surface area contributed by atoms with Crippen molar-refractivity contribution in [2.75, 3.05) is 0 Å². The Morgan fingerprint density at radius 1 is 0.947 bits per heavy atom. The number of carboxylic acids is 1. The van der Waals surface area contributed by atoms with E-state index in [1.165, 1.54) is 5.39 Å². The van der Waals surface area contributed by atoms with E-state index in [4.69, 9.17) is 0 Å². The second-order valence-corrected chi connectivity index (χ2v) is 5.51. The summed E-state index contributed by atoms with van der Waals surface area (Å²) in [6.07, 6.45) is 4.71. The van der Waals surface area contributed by atoms with Gasteiger partial charge in [0.1, 0.15) is 0 Å². The van der Waals surface area contributed by atoms with Crippen LogP contribution in [0.15, 0.2) is 42.5 Å². The summed E-state index contributed by atoms with van der Waals surface area (Å²) in [5, 5.41) is 12.0. The Balaban J connectivity index is 2.12. The van der Waals surface area contributed by atoms with Gasteiger partial charge in [-0.3, -0.25) is 4.79 Å². The van der Waals surface area contributed by atoms with Crippen molar-refractivity contribution < 1.29 is 9.90 Å². The molecule has 0 aromatic heterocycles. The van der Waals surface area contributed by atoms with Crippen LogP contribution in [0.2, 0.25) is 0 Å². The summed E-state index contributed by atoms with van der Waals surface area (Å²) in [7, 11) is 0. The molecule has 3 rings (SSSR count). The first-order chi connectivity index (χ1) is 9.22. The minimum absolute atomic E-state index is 0.664. The molecule has 0 amide bonds. The van der Waals surface area contributed by atoms with E-state index in [1.54, 1.807) is 0 Å². The highest BCUT2D eigenvalue weighted by Crippen LogP contribution is 2.40. The molecule has 98 valence electrons. The van der Waals surface area contributed by atoms with E-state index in [-0.39, 0.29) is 0 Å². The average Bonchev–Trinajstić information content (AvgIpc) is 2.47. The van der Waals surface area contributed by atoms with Crippen LogP contribution in [0.5, 0.6) is 0 Å². The van der Waals surface area contributed by atoms with Gasteiger partial charge in [0.25, 0.3) is 0 Å². The van der Waals surface area contributed by atoms with Crippen LogP contribution in [-0.2, 0) is 10.2 Å². The lowest BCUT2D eigenvalue weighted by Gasteiger charge is -2.33. The lowest BCUT2D eigenvalue weighted by molar-refractivity contribution is -0.145. The van der Waals surface area contributed by atoms with Gasteiger partial charge < -0.3 is 5.11 Å². The van der Waals surface area contributed by atoms with Gasteiger partial charge in [0.2, 0.25) is 0 Å². The van der Waals surface area contributed by atoms with E-state index in [0.29, 0.717) is 0 Å². The van der Waals surface area contributed by atoms with Crippen LogP contribution in [0, 0.1) is 0 Å². The molecule has 1 aliphatic carbocycles. The van der Waals surface area contributed by atoms with Crippen molar-refractivity contribution >= 4 is 16.7 Å². The first-order valence-corrected chi connectivity index (χ1v) is 6.95. The second kappa shape index (κ2) is 4.69. The highest BCUT2D eigenvalue weighted by molar-refractivity contribution is 5.87. The third-order valence-electron chi connectivity index (χ3n) is 4.42. The molecule has 1 fully saturated rings. The van der Waals surface area contributed by atoms with E-state index in [0.717, 1.165) is 43.1 Å². The third-order valence-corrected chi connectivity index (χ3v) is 4.42. The van der Waals surface area contributed by atoms with Crippen molar-refractivity contribution in [3.05, 3.63) is 48.0 Å². The fourth-order valence-electron chi connectivity index (χ4n) is 3.27. The standard InChI is InChI=1S/C17H18O2/c18-16(19)17(10-4-1-5-11-17)15-9-8-13-6-2-3-7-14(13)12-15/h2-3,6-9,12H,1,4-5,10-11H2,(H,18,19). The fourth-order valence-corrected chi connectivity index (χ4v) is 3.27. The molecule has 0 spiro atoms. The zero-order valence-electron chi connectivity index (χ0n) is 10.9. The molecule has 0 heterocycles. The van der Waals surface area contributed by atoms with Gasteiger partial charge in [-0.15, -0.1) is 0 Å². The number of aliphatic carboxylic acids is 1. The topological polar surface area (TPSA) is 37.3 Å². The van der Waals surface area contributed by atoms with Crippen LogP contribution in [0.25, 0.3) is 10.8 Å². The zero-order chi connectivity index (χ0) is 13.3. The lowest BCUT2D eigenvalue weighted by Crippen LogP contribution is -2.37. The molecule has 0 unspecified atom stereocenters. The first kappa shape index (κ1) is 12.2. The molecule has 0 atom stereocenters. The van der Waals surface area contributed by atoms with Crippen LogP contribution >= 0.6 is 0 Å². The maximum atomic E-state index is 11.8. The molecule has 0 bridgehead atoms. The Bertz CT molecular complexity index is 609. The van der Waals surface area contributed by atoms with Gasteiger partial charge in [-0.25, -0.2) is 0 Å². The maximum absolute atomic E-state index is 11.8. The molecule has 2 heteroatoms. The molecule has 1 saturated carbocycles. The molecule has 19 heavy (non-hydrogen) atoms. The van der Waals surface area contributed by atoms with Gasteiger partial charge in [-0.05, 0) is 29.2 Å². The van der Waals surface area contributed by atoms with Crippen LogP contribution in [0.3, 0.4) is 0 Å². The minimum Gasteiger partial charge on any atom is -0.481 e. The van der Waals surface area contributed by atoms with E-state index in [9.17, 15) is 9.90 Å². The Labute approximate surface area is 113 Å². The molecule has 1 N–H and O–H groups in total. The van der Waals surface area contributed by atoms with Crippen LogP contribution in [0.4, 0.5) is 0 Å². The summed E-state index contributed by atoms with van der Waals surface area (Å²) < 4.78 is 0. The van der Waals surface area contributed by atoms with Crippen molar-refractivity contribution in [1.82, 2.24) is 0 Å². The van der Waals surface area contributed by atoms with Crippen molar-refractivity contribution in [3.8, 4) is 0 Å². The van der Waals surface area contributed by atoms with Gasteiger partial charge in [-0.1, -0.05) is 61.7 Å². The van der Waals surface area contributed by atoms with Crippen molar-refractivity contribution in [3.63, 3.8) is 0 Å². The first-order valence-electron chi connectivity index (χ1n) is 6.95. The minimum atomic E-state index is -0.664. The maximum Gasteiger partial charge on any atom is 0.314 e. The summed E-state index contributed by atoms with van der Waals surface area (Å²) in [5.74, 6) is -0.664. The Kier molecular flexibility index (Phi) is 3.02. The lowest BCUT2D eigenvalue weighted by atomic mass is 9.69. The molecule has 2 aromatic rings. The quantitative estimate of drug-likeness (QED) is 0.875. The summed E-state index contributed by atoms with van der Waals surface area (Å²) >= 11 is 0. The number of carboxylic acid groups (broad SMARTS) is 1. The number of carbonyl (C=O) groups is 1. The number of fused-ring (bicyclic) bond motifs is 1. The second-order valence-electron chi connectivity index (χ2n) is 5.51. The van der Waals surface area contributed by atoms with E-state index in [2.05, 4.69) is 18.2 Å². The van der Waals surface area contributed by atoms with E-state index in [1.807, 2.05) is 24.3 Å². The monoisotopic (exact) mass is 254 g/mol. The highest BCUT2D eigenvalue weighted by atomic mass is 16.4.